The number of phosphoric acid groups is 2. The SMILES string of the molecule is CC/C=C\C/C=C\C/C=C\C/C=C\C/C=C\CC(=O)OC(COC(=O)CCCCCCCC/C=C\C/C=C\C/C=C\CCCCC)COP(=O)(O)OCC(O)COP(=O)(O)OCC(COC(=O)CCCCCCC/C=C\CCCC)OC(=O)CCCCCCC/C=C\CCCC. The van der Waals surface area contributed by atoms with Crippen LogP contribution in [0.4, 0.5) is 0 Å². The predicted octanol–water partition coefficient (Wildman–Crippen LogP) is 20.8. The predicted molar refractivity (Wildman–Crippen MR) is 390 cm³/mol. The number of hydrogen-bond donors (Lipinski definition) is 3. The molecule has 19 heteroatoms. The van der Waals surface area contributed by atoms with Crippen molar-refractivity contribution >= 4 is 39.5 Å². The summed E-state index contributed by atoms with van der Waals surface area (Å²) in [5.41, 5.74) is 0. The third kappa shape index (κ3) is 68.0. The number of aliphatic hydroxyl groups is 1. The quantitative estimate of drug-likeness (QED) is 0.0169. The Bertz CT molecular complexity index is 2300. The molecule has 0 radical (unpaired) electrons. The summed E-state index contributed by atoms with van der Waals surface area (Å²) >= 11 is 0. The van der Waals surface area contributed by atoms with Crippen LogP contribution in [0.5, 0.6) is 0 Å². The summed E-state index contributed by atoms with van der Waals surface area (Å²) < 4.78 is 68.1. The van der Waals surface area contributed by atoms with Gasteiger partial charge in [-0.15, -0.1) is 0 Å². The molecule has 17 nitrogen and oxygen atoms in total. The van der Waals surface area contributed by atoms with E-state index in [0.29, 0.717) is 25.7 Å². The van der Waals surface area contributed by atoms with Gasteiger partial charge in [-0.3, -0.25) is 37.3 Å². The number of hydrogen-bond acceptors (Lipinski definition) is 15. The van der Waals surface area contributed by atoms with Crippen LogP contribution in [0.1, 0.15) is 285 Å². The second-order valence-electron chi connectivity index (χ2n) is 24.2. The van der Waals surface area contributed by atoms with Crippen LogP contribution in [0.15, 0.2) is 122 Å². The van der Waals surface area contributed by atoms with Crippen molar-refractivity contribution in [2.75, 3.05) is 39.6 Å². The molecule has 0 amide bonds. The normalized spacial score (nSPS) is 14.7. The number of unbranched alkanes of at least 4 members (excludes halogenated alkanes) is 23. The van der Waals surface area contributed by atoms with Gasteiger partial charge >= 0.3 is 39.5 Å². The molecule has 0 aromatic heterocycles. The lowest BCUT2D eigenvalue weighted by atomic mass is 10.1. The van der Waals surface area contributed by atoms with E-state index in [0.717, 1.165) is 161 Å². The Kier molecular flexibility index (Phi) is 65.7. The lowest BCUT2D eigenvalue weighted by molar-refractivity contribution is -0.161. The summed E-state index contributed by atoms with van der Waals surface area (Å²) in [6, 6.07) is 0. The Morgan fingerprint density at radius 2 is 0.594 bits per heavy atom. The van der Waals surface area contributed by atoms with Gasteiger partial charge in [-0.25, -0.2) is 9.13 Å². The second kappa shape index (κ2) is 69.0. The number of esters is 4. The Balaban J connectivity index is 5.40. The average Bonchev–Trinajstić information content (AvgIpc) is 1.16. The van der Waals surface area contributed by atoms with E-state index >= 15 is 0 Å². The van der Waals surface area contributed by atoms with E-state index in [4.69, 9.17) is 37.0 Å². The highest BCUT2D eigenvalue weighted by Gasteiger charge is 2.30. The van der Waals surface area contributed by atoms with Gasteiger partial charge in [-0.05, 0) is 128 Å². The van der Waals surface area contributed by atoms with Crippen LogP contribution in [0.2, 0.25) is 0 Å². The van der Waals surface area contributed by atoms with Crippen molar-refractivity contribution in [2.24, 2.45) is 0 Å². The highest BCUT2D eigenvalue weighted by atomic mass is 31.2. The zero-order valence-electron chi connectivity index (χ0n) is 59.8. The minimum Gasteiger partial charge on any atom is -0.462 e. The van der Waals surface area contributed by atoms with Gasteiger partial charge in [0.2, 0.25) is 0 Å². The van der Waals surface area contributed by atoms with E-state index in [9.17, 15) is 43.2 Å². The summed E-state index contributed by atoms with van der Waals surface area (Å²) in [6.07, 6.45) is 73.9. The van der Waals surface area contributed by atoms with Crippen LogP contribution in [-0.4, -0.2) is 96.7 Å². The molecule has 3 N–H and O–H groups in total. The molecule has 0 bridgehead atoms. The fourth-order valence-electron chi connectivity index (χ4n) is 9.26. The van der Waals surface area contributed by atoms with Gasteiger partial charge in [0.1, 0.15) is 19.3 Å². The lowest BCUT2D eigenvalue weighted by Gasteiger charge is -2.21. The standard InChI is InChI=1S/C77H130O17P2/c1-5-9-13-17-21-25-29-31-33-34-35-36-38-39-43-46-50-54-58-62-75(80)88-68-73(94-77(82)64-60-56-52-48-44-40-37-32-30-26-22-18-14-10-6-2)70-92-96(85,86)90-66-71(78)65-89-95(83,84)91-69-72(93-76(81)63-59-55-51-47-42-28-24-20-16-12-8-4)67-87-74(79)61-57-53-49-45-41-27-23-19-15-11-7-3/h10,14,19-26,31-33,35-37,44,48,56,60,71-73,78H,5-9,11-13,15-18,27-30,34,38-43,45-47,49-55,57-59,61-70H2,1-4H3,(H,83,84)(H,85,86)/b14-10-,23-19-,24-20-,25-21-,26-22-,33-31-,36-35-,37-32-,48-44-,60-56-. The van der Waals surface area contributed by atoms with Crippen LogP contribution < -0.4 is 0 Å². The Labute approximate surface area is 581 Å². The Morgan fingerprint density at radius 1 is 0.312 bits per heavy atom. The molecule has 0 saturated carbocycles. The van der Waals surface area contributed by atoms with Gasteiger partial charge in [0.25, 0.3) is 0 Å². The molecular formula is C77H130O17P2. The molecule has 0 rings (SSSR count). The summed E-state index contributed by atoms with van der Waals surface area (Å²) in [6.45, 7) is 4.48. The third-order valence-electron chi connectivity index (χ3n) is 14.9. The summed E-state index contributed by atoms with van der Waals surface area (Å²) in [4.78, 5) is 72.6. The molecule has 5 unspecified atom stereocenters. The van der Waals surface area contributed by atoms with Gasteiger partial charge in [0, 0.05) is 19.3 Å². The maximum absolute atomic E-state index is 13.0. The van der Waals surface area contributed by atoms with Gasteiger partial charge in [0.05, 0.1) is 32.8 Å². The monoisotopic (exact) mass is 1390 g/mol. The molecule has 0 aliphatic carbocycles. The summed E-state index contributed by atoms with van der Waals surface area (Å²) in [7, 11) is -9.98. The Hall–Kier alpha value is -4.54. The Morgan fingerprint density at radius 3 is 0.969 bits per heavy atom. The maximum atomic E-state index is 13.0. The summed E-state index contributed by atoms with van der Waals surface area (Å²) in [5.74, 6) is -2.36. The maximum Gasteiger partial charge on any atom is 0.472 e. The van der Waals surface area contributed by atoms with Gasteiger partial charge in [-0.1, -0.05) is 252 Å². The molecule has 550 valence electrons. The molecule has 96 heavy (non-hydrogen) atoms. The second-order valence-corrected chi connectivity index (χ2v) is 27.1. The fraction of sp³-hybridized carbons (Fsp3) is 0.688. The third-order valence-corrected chi connectivity index (χ3v) is 16.8. The van der Waals surface area contributed by atoms with E-state index < -0.39 is 97.5 Å². The van der Waals surface area contributed by atoms with Crippen molar-refractivity contribution in [2.45, 2.75) is 303 Å². The number of phosphoric ester groups is 2. The minimum absolute atomic E-state index is 0.0788. The lowest BCUT2D eigenvalue weighted by Crippen LogP contribution is -2.30. The van der Waals surface area contributed by atoms with Crippen molar-refractivity contribution in [3.05, 3.63) is 122 Å². The molecule has 0 spiro atoms. The highest BCUT2D eigenvalue weighted by molar-refractivity contribution is 7.47. The number of aliphatic hydroxyl groups excluding tert-OH is 1. The van der Waals surface area contributed by atoms with E-state index in [1.807, 2.05) is 12.2 Å². The first-order valence-corrected chi connectivity index (χ1v) is 39.8. The molecule has 0 saturated heterocycles. The van der Waals surface area contributed by atoms with Crippen molar-refractivity contribution in [1.82, 2.24) is 0 Å². The van der Waals surface area contributed by atoms with Gasteiger partial charge in [0.15, 0.2) is 12.2 Å². The van der Waals surface area contributed by atoms with E-state index in [1.54, 1.807) is 12.2 Å². The average molecular weight is 1390 g/mol. The van der Waals surface area contributed by atoms with E-state index in [1.165, 1.54) is 44.9 Å². The number of ether oxygens (including phenoxy) is 4. The number of rotatable bonds is 68. The van der Waals surface area contributed by atoms with Crippen molar-refractivity contribution < 1.29 is 80.2 Å². The molecule has 0 heterocycles. The van der Waals surface area contributed by atoms with Crippen LogP contribution in [0, 0.1) is 0 Å². The van der Waals surface area contributed by atoms with Gasteiger partial charge < -0.3 is 33.8 Å². The van der Waals surface area contributed by atoms with Gasteiger partial charge in [-0.2, -0.15) is 0 Å². The minimum atomic E-state index is -5.00. The zero-order valence-corrected chi connectivity index (χ0v) is 61.5. The van der Waals surface area contributed by atoms with Crippen molar-refractivity contribution in [1.29, 1.82) is 0 Å². The van der Waals surface area contributed by atoms with Crippen LogP contribution in [0.3, 0.4) is 0 Å². The van der Waals surface area contributed by atoms with E-state index in [-0.39, 0.29) is 25.7 Å². The highest BCUT2D eigenvalue weighted by Crippen LogP contribution is 2.45. The van der Waals surface area contributed by atoms with Crippen molar-refractivity contribution in [3.63, 3.8) is 0 Å². The molecule has 0 aliphatic heterocycles. The summed E-state index contributed by atoms with van der Waals surface area (Å²) in [5, 5.41) is 10.6. The fourth-order valence-corrected chi connectivity index (χ4v) is 10.8. The topological polar surface area (TPSA) is 237 Å². The molecule has 5 atom stereocenters. The largest absolute Gasteiger partial charge is 0.472 e. The van der Waals surface area contributed by atoms with Crippen LogP contribution in [0.25, 0.3) is 0 Å². The number of allylic oxidation sites excluding steroid dienone is 19. The smallest absolute Gasteiger partial charge is 0.462 e. The first kappa shape index (κ1) is 91.5. The number of carbonyl (C=O) groups excluding carboxylic acids is 4. The zero-order chi connectivity index (χ0) is 70.4. The van der Waals surface area contributed by atoms with Crippen LogP contribution in [-0.2, 0) is 65.4 Å². The van der Waals surface area contributed by atoms with E-state index in [2.05, 4.69) is 125 Å². The first-order chi connectivity index (χ1) is 46.7. The number of carbonyl (C=O) groups is 4. The van der Waals surface area contributed by atoms with Crippen LogP contribution >= 0.6 is 15.6 Å². The van der Waals surface area contributed by atoms with Crippen molar-refractivity contribution in [3.8, 4) is 0 Å². The first-order valence-electron chi connectivity index (χ1n) is 36.8. The molecule has 0 aromatic rings. The molecular weight excluding hydrogens is 1260 g/mol. The molecule has 0 aliphatic rings. The molecule has 0 fully saturated rings. The molecule has 0 aromatic carbocycles.